The number of esters is 3. The third-order valence-corrected chi connectivity index (χ3v) is 4.37. The van der Waals surface area contributed by atoms with Crippen LogP contribution in [0.15, 0.2) is 23.5 Å². The lowest BCUT2D eigenvalue weighted by atomic mass is 9.81. The fourth-order valence-electron chi connectivity index (χ4n) is 2.88. The van der Waals surface area contributed by atoms with Gasteiger partial charge in [-0.15, -0.1) is 0 Å². The van der Waals surface area contributed by atoms with Crippen molar-refractivity contribution in [2.75, 3.05) is 7.11 Å². The number of cyclic esters (lactones) is 1. The molecule has 24 heavy (non-hydrogen) atoms. The highest BCUT2D eigenvalue weighted by atomic mass is 16.6. The quantitative estimate of drug-likeness (QED) is 0.436. The first-order valence-electron chi connectivity index (χ1n) is 7.26. The summed E-state index contributed by atoms with van der Waals surface area (Å²) in [6.45, 7) is 4.23. The van der Waals surface area contributed by atoms with Crippen LogP contribution in [0.2, 0.25) is 0 Å². The predicted octanol–water partition coefficient (Wildman–Crippen LogP) is 0.0442. The van der Waals surface area contributed by atoms with E-state index < -0.39 is 47.2 Å². The third-order valence-electron chi connectivity index (χ3n) is 4.37. The van der Waals surface area contributed by atoms with Gasteiger partial charge >= 0.3 is 17.9 Å². The van der Waals surface area contributed by atoms with E-state index in [4.69, 9.17) is 9.47 Å². The maximum absolute atomic E-state index is 12.5. The van der Waals surface area contributed by atoms with Crippen LogP contribution in [0.5, 0.6) is 0 Å². The van der Waals surface area contributed by atoms with Crippen LogP contribution in [0, 0.1) is 11.8 Å². The molecule has 8 heteroatoms. The van der Waals surface area contributed by atoms with Crippen molar-refractivity contribution >= 4 is 23.7 Å². The van der Waals surface area contributed by atoms with Crippen molar-refractivity contribution in [3.05, 3.63) is 23.5 Å². The largest absolute Gasteiger partial charge is 0.466 e. The Hall–Kier alpha value is -2.48. The Bertz CT molecular complexity index is 670. The molecule has 0 radical (unpaired) electrons. The summed E-state index contributed by atoms with van der Waals surface area (Å²) in [5, 5.41) is 10.4. The second kappa shape index (κ2) is 6.20. The summed E-state index contributed by atoms with van der Waals surface area (Å²) >= 11 is 0. The van der Waals surface area contributed by atoms with Gasteiger partial charge in [-0.25, -0.2) is 9.59 Å². The Morgan fingerprint density at radius 1 is 1.38 bits per heavy atom. The summed E-state index contributed by atoms with van der Waals surface area (Å²) in [6.07, 6.45) is 0.863. The van der Waals surface area contributed by atoms with Gasteiger partial charge in [0.15, 0.2) is 6.10 Å². The minimum atomic E-state index is -2.13. The predicted molar refractivity (Wildman–Crippen MR) is 78.1 cm³/mol. The summed E-state index contributed by atoms with van der Waals surface area (Å²) in [4.78, 5) is 48.5. The van der Waals surface area contributed by atoms with Gasteiger partial charge < -0.3 is 19.3 Å². The van der Waals surface area contributed by atoms with E-state index >= 15 is 0 Å². The molecule has 1 saturated carbocycles. The summed E-state index contributed by atoms with van der Waals surface area (Å²) < 4.78 is 14.6. The maximum Gasteiger partial charge on any atom is 0.337 e. The molecule has 2 aliphatic rings. The smallest absolute Gasteiger partial charge is 0.337 e. The fourth-order valence-corrected chi connectivity index (χ4v) is 2.88. The molecule has 130 valence electrons. The van der Waals surface area contributed by atoms with Gasteiger partial charge in [0.1, 0.15) is 17.8 Å². The molecular weight excluding hydrogens is 320 g/mol. The number of carbonyl (C=O) groups is 4. The van der Waals surface area contributed by atoms with Crippen molar-refractivity contribution in [2.24, 2.45) is 11.8 Å². The van der Waals surface area contributed by atoms with Gasteiger partial charge in [-0.05, 0) is 20.8 Å². The zero-order chi connectivity index (χ0) is 18.2. The van der Waals surface area contributed by atoms with Crippen molar-refractivity contribution in [3.8, 4) is 0 Å². The second-order valence-electron chi connectivity index (χ2n) is 5.81. The number of fused-ring (bicyclic) bond motifs is 1. The van der Waals surface area contributed by atoms with E-state index in [9.17, 15) is 24.3 Å². The molecule has 0 aromatic carbocycles. The van der Waals surface area contributed by atoms with E-state index in [1.807, 2.05) is 0 Å². The zero-order valence-corrected chi connectivity index (χ0v) is 13.7. The first-order valence-corrected chi connectivity index (χ1v) is 7.26. The minimum Gasteiger partial charge on any atom is -0.466 e. The normalized spacial score (nSPS) is 32.6. The van der Waals surface area contributed by atoms with Crippen LogP contribution in [0.4, 0.5) is 0 Å². The van der Waals surface area contributed by atoms with Crippen LogP contribution in [0.3, 0.4) is 0 Å². The van der Waals surface area contributed by atoms with Gasteiger partial charge in [0.25, 0.3) is 0 Å². The maximum atomic E-state index is 12.5. The van der Waals surface area contributed by atoms with E-state index in [1.165, 1.54) is 13.0 Å². The lowest BCUT2D eigenvalue weighted by Crippen LogP contribution is -2.44. The molecule has 1 aliphatic heterocycles. The molecule has 0 unspecified atom stereocenters. The van der Waals surface area contributed by atoms with Crippen molar-refractivity contribution < 1.29 is 38.5 Å². The Morgan fingerprint density at radius 2 is 2.00 bits per heavy atom. The number of Topliss-reactive ketones (excluding diaryl/α,β-unsaturated/α-hetero) is 1. The number of hydrogen-bond acceptors (Lipinski definition) is 8. The molecule has 0 saturated heterocycles. The summed E-state index contributed by atoms with van der Waals surface area (Å²) in [6, 6.07) is 0. The highest BCUT2D eigenvalue weighted by molar-refractivity contribution is 6.05. The minimum absolute atomic E-state index is 0.149. The molecule has 0 aromatic rings. The van der Waals surface area contributed by atoms with Crippen LogP contribution in [-0.2, 0) is 33.4 Å². The van der Waals surface area contributed by atoms with E-state index in [-0.39, 0.29) is 11.1 Å². The van der Waals surface area contributed by atoms with Gasteiger partial charge in [-0.1, -0.05) is 6.08 Å². The van der Waals surface area contributed by atoms with Gasteiger partial charge in [0.2, 0.25) is 5.78 Å². The first kappa shape index (κ1) is 17.9. The lowest BCUT2D eigenvalue weighted by Gasteiger charge is -2.29. The Labute approximate surface area is 138 Å². The van der Waals surface area contributed by atoms with Gasteiger partial charge in [0.05, 0.1) is 18.6 Å². The van der Waals surface area contributed by atoms with Gasteiger partial charge in [0, 0.05) is 5.57 Å². The first-order chi connectivity index (χ1) is 11.2. The van der Waals surface area contributed by atoms with E-state index in [2.05, 4.69) is 4.74 Å². The molecule has 4 atom stereocenters. The number of rotatable bonds is 3. The molecular formula is C16H18O8. The van der Waals surface area contributed by atoms with Crippen molar-refractivity contribution in [2.45, 2.75) is 32.5 Å². The van der Waals surface area contributed by atoms with Crippen molar-refractivity contribution in [3.63, 3.8) is 0 Å². The molecule has 0 aromatic heterocycles. The van der Waals surface area contributed by atoms with Crippen LogP contribution in [-0.4, -0.2) is 47.6 Å². The van der Waals surface area contributed by atoms with E-state index in [1.54, 1.807) is 6.92 Å². The Balaban J connectivity index is 2.49. The number of ketones is 1. The van der Waals surface area contributed by atoms with E-state index in [0.29, 0.717) is 0 Å². The lowest BCUT2D eigenvalue weighted by molar-refractivity contribution is -0.158. The molecule has 0 bridgehead atoms. The van der Waals surface area contributed by atoms with Crippen LogP contribution in [0.25, 0.3) is 0 Å². The number of aliphatic hydroxyl groups is 1. The topological polar surface area (TPSA) is 116 Å². The monoisotopic (exact) mass is 338 g/mol. The van der Waals surface area contributed by atoms with E-state index in [0.717, 1.165) is 20.3 Å². The van der Waals surface area contributed by atoms with Crippen LogP contribution >= 0.6 is 0 Å². The Kier molecular flexibility index (Phi) is 4.61. The number of ether oxygens (including phenoxy) is 3. The molecule has 1 fully saturated rings. The molecule has 0 spiro atoms. The number of methoxy groups -OCH3 is 1. The van der Waals surface area contributed by atoms with Crippen molar-refractivity contribution in [1.82, 2.24) is 0 Å². The van der Waals surface area contributed by atoms with Crippen LogP contribution in [0.1, 0.15) is 20.8 Å². The van der Waals surface area contributed by atoms with Gasteiger partial charge in [-0.2, -0.15) is 0 Å². The standard InChI is InChI=1S/C16H18O8/c1-5-7(2)13(18)24-11-9-8(14(19)22-4)6-23-15(20)10(9)16(3,21)12(11)17/h5-6,9-11,21H,1-4H3/t9-,10-,11+,16-/m1/s1. The molecule has 8 nitrogen and oxygen atoms in total. The average Bonchev–Trinajstić information content (AvgIpc) is 2.75. The molecule has 2 rings (SSSR count). The summed E-state index contributed by atoms with van der Waals surface area (Å²) in [5.74, 6) is -5.92. The summed E-state index contributed by atoms with van der Waals surface area (Å²) in [5.41, 5.74) is -2.04. The SMILES string of the molecule is CC=C(C)C(=O)O[C@@H]1C(=O)[C@](C)(O)[C@H]2C(=O)OC=C(C(=O)OC)[C@@H]12. The highest BCUT2D eigenvalue weighted by Gasteiger charge is 2.65. The summed E-state index contributed by atoms with van der Waals surface area (Å²) in [7, 11) is 1.12. The number of hydrogen-bond donors (Lipinski definition) is 1. The molecule has 1 heterocycles. The number of carbonyl (C=O) groups excluding carboxylic acids is 4. The van der Waals surface area contributed by atoms with Crippen LogP contribution < -0.4 is 0 Å². The molecule has 0 amide bonds. The zero-order valence-electron chi connectivity index (χ0n) is 13.7. The Morgan fingerprint density at radius 3 is 2.54 bits per heavy atom. The third kappa shape index (κ3) is 2.62. The number of allylic oxidation sites excluding steroid dienone is 1. The highest BCUT2D eigenvalue weighted by Crippen LogP contribution is 2.46. The fraction of sp³-hybridized carbons (Fsp3) is 0.500. The second-order valence-corrected chi connectivity index (χ2v) is 5.81. The van der Waals surface area contributed by atoms with Crippen molar-refractivity contribution in [1.29, 1.82) is 0 Å². The molecule has 1 aliphatic carbocycles. The average molecular weight is 338 g/mol. The van der Waals surface area contributed by atoms with Gasteiger partial charge in [-0.3, -0.25) is 9.59 Å². The molecule has 1 N–H and O–H groups in total.